The van der Waals surface area contributed by atoms with Crippen molar-refractivity contribution >= 4 is 29.1 Å². The van der Waals surface area contributed by atoms with Gasteiger partial charge in [0.15, 0.2) is 0 Å². The highest BCUT2D eigenvalue weighted by Gasteiger charge is 2.46. The van der Waals surface area contributed by atoms with Crippen molar-refractivity contribution in [3.8, 4) is 11.5 Å². The van der Waals surface area contributed by atoms with Gasteiger partial charge in [-0.25, -0.2) is 0 Å². The van der Waals surface area contributed by atoms with Gasteiger partial charge in [0.25, 0.3) is 11.7 Å². The van der Waals surface area contributed by atoms with Crippen LogP contribution in [-0.4, -0.2) is 67.5 Å². The van der Waals surface area contributed by atoms with Crippen LogP contribution in [0.5, 0.6) is 11.5 Å². The van der Waals surface area contributed by atoms with Crippen LogP contribution >= 0.6 is 11.6 Å². The Labute approximate surface area is 199 Å². The molecule has 1 aliphatic heterocycles. The largest absolute Gasteiger partial charge is 0.507 e. The van der Waals surface area contributed by atoms with Gasteiger partial charge in [0.1, 0.15) is 17.3 Å². The second kappa shape index (κ2) is 10.7. The van der Waals surface area contributed by atoms with Crippen molar-refractivity contribution in [2.45, 2.75) is 19.4 Å². The van der Waals surface area contributed by atoms with Crippen LogP contribution in [-0.2, 0) is 9.59 Å². The summed E-state index contributed by atoms with van der Waals surface area (Å²) in [4.78, 5) is 29.6. The van der Waals surface area contributed by atoms with Gasteiger partial charge in [-0.2, -0.15) is 0 Å². The molecule has 0 bridgehead atoms. The molecule has 1 aliphatic rings. The second-order valence-electron chi connectivity index (χ2n) is 8.06. The summed E-state index contributed by atoms with van der Waals surface area (Å²) in [6.07, 6.45) is 0.847. The predicted molar refractivity (Wildman–Crippen MR) is 128 cm³/mol. The highest BCUT2D eigenvalue weighted by molar-refractivity contribution is 6.47. The SMILES string of the molecule is CCCOc1cccc(C2/C(=C(\O)c3cc(OC)ccc3Cl)C(=O)C(=O)N2CCN(C)C)c1. The maximum absolute atomic E-state index is 13.2. The smallest absolute Gasteiger partial charge is 0.295 e. The average Bonchev–Trinajstić information content (AvgIpc) is 3.06. The number of carbonyl (C=O) groups excluding carboxylic acids is 2. The van der Waals surface area contributed by atoms with Crippen molar-refractivity contribution in [2.75, 3.05) is 40.9 Å². The molecule has 3 rings (SSSR count). The molecule has 1 unspecified atom stereocenters. The minimum Gasteiger partial charge on any atom is -0.507 e. The first-order chi connectivity index (χ1) is 15.8. The van der Waals surface area contributed by atoms with Crippen LogP contribution in [0.15, 0.2) is 48.0 Å². The minimum absolute atomic E-state index is 0.0125. The zero-order chi connectivity index (χ0) is 24.1. The molecule has 1 heterocycles. The summed E-state index contributed by atoms with van der Waals surface area (Å²) in [6.45, 7) is 3.42. The van der Waals surface area contributed by atoms with Gasteiger partial charge in [-0.05, 0) is 56.4 Å². The number of amides is 1. The van der Waals surface area contributed by atoms with Gasteiger partial charge in [0.2, 0.25) is 0 Å². The fraction of sp³-hybridized carbons (Fsp3) is 0.360. The fourth-order valence-electron chi connectivity index (χ4n) is 3.72. The number of methoxy groups -OCH3 is 1. The normalized spacial score (nSPS) is 17.6. The third kappa shape index (κ3) is 5.31. The van der Waals surface area contributed by atoms with Crippen molar-refractivity contribution in [3.05, 3.63) is 64.2 Å². The van der Waals surface area contributed by atoms with Gasteiger partial charge in [-0.15, -0.1) is 0 Å². The molecule has 1 saturated heterocycles. The van der Waals surface area contributed by atoms with E-state index in [1.807, 2.05) is 44.1 Å². The maximum atomic E-state index is 13.2. The molecule has 0 spiro atoms. The molecule has 8 heteroatoms. The Kier molecular flexibility index (Phi) is 8.00. The van der Waals surface area contributed by atoms with Crippen molar-refractivity contribution < 1.29 is 24.2 Å². The van der Waals surface area contributed by atoms with Crippen LogP contribution in [0.25, 0.3) is 5.76 Å². The number of benzene rings is 2. The van der Waals surface area contributed by atoms with E-state index in [-0.39, 0.29) is 21.9 Å². The first-order valence-electron chi connectivity index (χ1n) is 10.8. The number of aliphatic hydroxyl groups excluding tert-OH is 1. The first-order valence-corrected chi connectivity index (χ1v) is 11.2. The number of rotatable bonds is 9. The number of likely N-dealkylation sites (N-methyl/N-ethyl adjacent to an activating group) is 1. The van der Waals surface area contributed by atoms with Gasteiger partial charge in [0.05, 0.1) is 30.4 Å². The van der Waals surface area contributed by atoms with Crippen LogP contribution in [0, 0.1) is 0 Å². The Hall–Kier alpha value is -3.03. The molecule has 0 aromatic heterocycles. The summed E-state index contributed by atoms with van der Waals surface area (Å²) in [7, 11) is 5.27. The molecular formula is C25H29ClN2O5. The predicted octanol–water partition coefficient (Wildman–Crippen LogP) is 4.12. The Morgan fingerprint density at radius 3 is 2.58 bits per heavy atom. The molecule has 2 aromatic rings. The van der Waals surface area contributed by atoms with E-state index in [4.69, 9.17) is 21.1 Å². The summed E-state index contributed by atoms with van der Waals surface area (Å²) in [6, 6.07) is 11.2. The van der Waals surface area contributed by atoms with Crippen LogP contribution in [0.3, 0.4) is 0 Å². The van der Waals surface area contributed by atoms with E-state index in [2.05, 4.69) is 0 Å². The molecule has 7 nitrogen and oxygen atoms in total. The lowest BCUT2D eigenvalue weighted by atomic mass is 9.95. The summed E-state index contributed by atoms with van der Waals surface area (Å²) in [5.41, 5.74) is 0.883. The van der Waals surface area contributed by atoms with E-state index in [1.165, 1.54) is 12.0 Å². The molecule has 1 N–H and O–H groups in total. The lowest BCUT2D eigenvalue weighted by Crippen LogP contribution is -2.35. The average molecular weight is 473 g/mol. The van der Waals surface area contributed by atoms with E-state index in [0.29, 0.717) is 36.8 Å². The molecule has 0 radical (unpaired) electrons. The summed E-state index contributed by atoms with van der Waals surface area (Å²) in [5.74, 6) is -0.659. The number of hydrogen-bond donors (Lipinski definition) is 1. The zero-order valence-corrected chi connectivity index (χ0v) is 20.1. The molecular weight excluding hydrogens is 444 g/mol. The highest BCUT2D eigenvalue weighted by atomic mass is 35.5. The number of likely N-dealkylation sites (tertiary alicyclic amines) is 1. The van der Waals surface area contributed by atoms with Crippen molar-refractivity contribution in [1.29, 1.82) is 0 Å². The summed E-state index contributed by atoms with van der Waals surface area (Å²) >= 11 is 6.34. The monoisotopic (exact) mass is 472 g/mol. The van der Waals surface area contributed by atoms with E-state index in [0.717, 1.165) is 6.42 Å². The number of Topliss-reactive ketones (excluding diaryl/α,β-unsaturated/α-hetero) is 1. The third-order valence-corrected chi connectivity index (χ3v) is 5.73. The van der Waals surface area contributed by atoms with Gasteiger partial charge in [-0.3, -0.25) is 9.59 Å². The second-order valence-corrected chi connectivity index (χ2v) is 8.47. The van der Waals surface area contributed by atoms with Crippen molar-refractivity contribution in [3.63, 3.8) is 0 Å². The molecule has 1 atom stereocenters. The van der Waals surface area contributed by atoms with Gasteiger partial charge in [-0.1, -0.05) is 30.7 Å². The molecule has 1 fully saturated rings. The first kappa shape index (κ1) is 24.6. The van der Waals surface area contributed by atoms with Crippen molar-refractivity contribution in [2.24, 2.45) is 0 Å². The Morgan fingerprint density at radius 1 is 1.15 bits per heavy atom. The Balaban J connectivity index is 2.17. The molecule has 2 aromatic carbocycles. The standard InChI is InChI=1S/C25H29ClN2O5/c1-5-13-33-18-8-6-7-16(14-18)22-21(24(30)25(31)28(22)12-11-27(2)3)23(29)19-15-17(32-4)9-10-20(19)26/h6-10,14-15,22,29H,5,11-13H2,1-4H3/b23-21+. The summed E-state index contributed by atoms with van der Waals surface area (Å²) < 4.78 is 11.0. The molecule has 0 saturated carbocycles. The third-order valence-electron chi connectivity index (χ3n) is 5.40. The number of hydrogen-bond acceptors (Lipinski definition) is 6. The fourth-order valence-corrected chi connectivity index (χ4v) is 3.92. The Morgan fingerprint density at radius 2 is 1.91 bits per heavy atom. The molecule has 0 aliphatic carbocycles. The molecule has 1 amide bonds. The van der Waals surface area contributed by atoms with E-state index in [9.17, 15) is 14.7 Å². The summed E-state index contributed by atoms with van der Waals surface area (Å²) in [5, 5.41) is 11.5. The quantitative estimate of drug-likeness (QED) is 0.336. The van der Waals surface area contributed by atoms with Crippen molar-refractivity contribution in [1.82, 2.24) is 9.80 Å². The molecule has 176 valence electrons. The van der Waals surface area contributed by atoms with Gasteiger partial charge >= 0.3 is 0 Å². The zero-order valence-electron chi connectivity index (χ0n) is 19.3. The van der Waals surface area contributed by atoms with Crippen LogP contribution in [0.1, 0.15) is 30.5 Å². The lowest BCUT2D eigenvalue weighted by molar-refractivity contribution is -0.140. The number of ether oxygens (including phenoxy) is 2. The minimum atomic E-state index is -0.780. The number of ketones is 1. The van der Waals surface area contributed by atoms with E-state index >= 15 is 0 Å². The van der Waals surface area contributed by atoms with E-state index < -0.39 is 17.7 Å². The number of nitrogens with zero attached hydrogens (tertiary/aromatic N) is 2. The molecule has 33 heavy (non-hydrogen) atoms. The van der Waals surface area contributed by atoms with Gasteiger partial charge < -0.3 is 24.4 Å². The maximum Gasteiger partial charge on any atom is 0.295 e. The van der Waals surface area contributed by atoms with Crippen LogP contribution in [0.4, 0.5) is 0 Å². The number of halogens is 1. The topological polar surface area (TPSA) is 79.3 Å². The number of aliphatic hydroxyl groups is 1. The number of carbonyl (C=O) groups is 2. The Bertz CT molecular complexity index is 1070. The van der Waals surface area contributed by atoms with Crippen LogP contribution < -0.4 is 9.47 Å². The van der Waals surface area contributed by atoms with Crippen LogP contribution in [0.2, 0.25) is 5.02 Å². The van der Waals surface area contributed by atoms with E-state index in [1.54, 1.807) is 24.3 Å². The highest BCUT2D eigenvalue weighted by Crippen LogP contribution is 2.41. The van der Waals surface area contributed by atoms with Gasteiger partial charge in [0, 0.05) is 18.7 Å². The lowest BCUT2D eigenvalue weighted by Gasteiger charge is -2.27.